The smallest absolute Gasteiger partial charge is 0.410 e. The predicted octanol–water partition coefficient (Wildman–Crippen LogP) is 3.57. The van der Waals surface area contributed by atoms with Gasteiger partial charge in [0.15, 0.2) is 0 Å². The summed E-state index contributed by atoms with van der Waals surface area (Å²) in [7, 11) is 0. The summed E-state index contributed by atoms with van der Waals surface area (Å²) in [5, 5.41) is 3.43. The van der Waals surface area contributed by atoms with Gasteiger partial charge in [-0.2, -0.15) is 0 Å². The summed E-state index contributed by atoms with van der Waals surface area (Å²) < 4.78 is 11.3. The van der Waals surface area contributed by atoms with Crippen molar-refractivity contribution < 1.29 is 14.3 Å². The number of nitrogens with zero attached hydrogens (tertiary/aromatic N) is 1. The number of amides is 1. The van der Waals surface area contributed by atoms with Crippen LogP contribution in [-0.2, 0) is 9.47 Å². The fourth-order valence-electron chi connectivity index (χ4n) is 2.63. The van der Waals surface area contributed by atoms with Gasteiger partial charge in [-0.3, -0.25) is 0 Å². The van der Waals surface area contributed by atoms with Gasteiger partial charge in [0.25, 0.3) is 0 Å². The van der Waals surface area contributed by atoms with Crippen molar-refractivity contribution in [2.24, 2.45) is 0 Å². The lowest BCUT2D eigenvalue weighted by molar-refractivity contribution is -0.0104. The minimum atomic E-state index is -0.423. The molecule has 0 aromatic rings. The SMILES string of the molecule is CCCCCCNCCOC1CCN(C(=O)OC(C)(C)C)CC1. The largest absolute Gasteiger partial charge is 0.444 e. The molecule has 1 heterocycles. The van der Waals surface area contributed by atoms with E-state index < -0.39 is 5.60 Å². The van der Waals surface area contributed by atoms with E-state index in [1.165, 1.54) is 25.7 Å². The van der Waals surface area contributed by atoms with Crippen LogP contribution in [0.4, 0.5) is 4.79 Å². The second-order valence-electron chi connectivity index (χ2n) is 7.35. The van der Waals surface area contributed by atoms with Crippen LogP contribution in [0.25, 0.3) is 0 Å². The molecule has 5 heteroatoms. The molecule has 0 aliphatic carbocycles. The summed E-state index contributed by atoms with van der Waals surface area (Å²) in [6.45, 7) is 12.1. The monoisotopic (exact) mass is 328 g/mol. The van der Waals surface area contributed by atoms with Crippen LogP contribution in [0.1, 0.15) is 66.2 Å². The first kappa shape index (κ1) is 20.2. The molecule has 0 spiro atoms. The molecule has 0 unspecified atom stereocenters. The molecule has 0 saturated carbocycles. The van der Waals surface area contributed by atoms with Crippen LogP contribution < -0.4 is 5.32 Å². The van der Waals surface area contributed by atoms with Crippen LogP contribution in [-0.4, -0.2) is 55.5 Å². The molecule has 0 aromatic heterocycles. The molecule has 1 rings (SSSR count). The van der Waals surface area contributed by atoms with Gasteiger partial charge in [-0.15, -0.1) is 0 Å². The van der Waals surface area contributed by atoms with Gasteiger partial charge >= 0.3 is 6.09 Å². The predicted molar refractivity (Wildman–Crippen MR) is 93.8 cm³/mol. The van der Waals surface area contributed by atoms with Gasteiger partial charge in [-0.1, -0.05) is 26.2 Å². The molecular weight excluding hydrogens is 292 g/mol. The number of unbranched alkanes of at least 4 members (excludes halogenated alkanes) is 3. The van der Waals surface area contributed by atoms with E-state index in [1.54, 1.807) is 4.90 Å². The third-order valence-electron chi connectivity index (χ3n) is 3.93. The molecule has 0 bridgehead atoms. The molecule has 23 heavy (non-hydrogen) atoms. The number of hydrogen-bond donors (Lipinski definition) is 1. The Kier molecular flexibility index (Phi) is 9.56. The highest BCUT2D eigenvalue weighted by Crippen LogP contribution is 2.17. The molecule has 1 amide bonds. The fraction of sp³-hybridized carbons (Fsp3) is 0.944. The van der Waals surface area contributed by atoms with Crippen LogP contribution in [0.2, 0.25) is 0 Å². The van der Waals surface area contributed by atoms with Crippen molar-refractivity contribution in [3.8, 4) is 0 Å². The fourth-order valence-corrected chi connectivity index (χ4v) is 2.63. The van der Waals surface area contributed by atoms with E-state index in [-0.39, 0.29) is 12.2 Å². The Morgan fingerprint density at radius 2 is 1.83 bits per heavy atom. The lowest BCUT2D eigenvalue weighted by atomic mass is 10.1. The zero-order valence-electron chi connectivity index (χ0n) is 15.5. The van der Waals surface area contributed by atoms with E-state index >= 15 is 0 Å². The molecule has 1 aliphatic rings. The van der Waals surface area contributed by atoms with Crippen molar-refractivity contribution >= 4 is 6.09 Å². The standard InChI is InChI=1S/C18H36N2O3/c1-5-6-7-8-11-19-12-15-22-16-9-13-20(14-10-16)17(21)23-18(2,3)4/h16,19H,5-15H2,1-4H3. The first-order valence-electron chi connectivity index (χ1n) is 9.22. The zero-order chi connectivity index (χ0) is 17.1. The third-order valence-corrected chi connectivity index (χ3v) is 3.93. The second kappa shape index (κ2) is 10.9. The molecule has 1 N–H and O–H groups in total. The van der Waals surface area contributed by atoms with Gasteiger partial charge in [0.1, 0.15) is 5.60 Å². The van der Waals surface area contributed by atoms with Crippen molar-refractivity contribution in [2.45, 2.75) is 77.9 Å². The molecule has 5 nitrogen and oxygen atoms in total. The molecule has 1 fully saturated rings. The summed E-state index contributed by atoms with van der Waals surface area (Å²) >= 11 is 0. The lowest BCUT2D eigenvalue weighted by Gasteiger charge is -2.33. The Bertz CT molecular complexity index is 321. The van der Waals surface area contributed by atoms with E-state index in [1.807, 2.05) is 20.8 Å². The average Bonchev–Trinajstić information content (AvgIpc) is 2.49. The highest BCUT2D eigenvalue weighted by atomic mass is 16.6. The van der Waals surface area contributed by atoms with Crippen LogP contribution in [0.15, 0.2) is 0 Å². The number of carbonyl (C=O) groups excluding carboxylic acids is 1. The second-order valence-corrected chi connectivity index (χ2v) is 7.35. The Morgan fingerprint density at radius 3 is 2.43 bits per heavy atom. The Hall–Kier alpha value is -0.810. The normalized spacial score (nSPS) is 16.6. The summed E-state index contributed by atoms with van der Waals surface area (Å²) in [6.07, 6.45) is 7.04. The van der Waals surface area contributed by atoms with Crippen molar-refractivity contribution in [1.82, 2.24) is 10.2 Å². The minimum Gasteiger partial charge on any atom is -0.444 e. The number of likely N-dealkylation sites (tertiary alicyclic amines) is 1. The molecule has 0 atom stereocenters. The van der Waals surface area contributed by atoms with E-state index in [4.69, 9.17) is 9.47 Å². The summed E-state index contributed by atoms with van der Waals surface area (Å²) in [6, 6.07) is 0. The molecule has 0 radical (unpaired) electrons. The molecule has 0 aromatic carbocycles. The van der Waals surface area contributed by atoms with E-state index in [9.17, 15) is 4.79 Å². The summed E-state index contributed by atoms with van der Waals surface area (Å²) in [5.41, 5.74) is -0.423. The van der Waals surface area contributed by atoms with Crippen molar-refractivity contribution in [3.63, 3.8) is 0 Å². The summed E-state index contributed by atoms with van der Waals surface area (Å²) in [5.74, 6) is 0. The highest BCUT2D eigenvalue weighted by Gasteiger charge is 2.26. The molecule has 1 saturated heterocycles. The Labute approximate surface area is 142 Å². The highest BCUT2D eigenvalue weighted by molar-refractivity contribution is 5.68. The number of nitrogens with one attached hydrogen (secondary N) is 1. The van der Waals surface area contributed by atoms with Gasteiger partial charge < -0.3 is 19.7 Å². The number of hydrogen-bond acceptors (Lipinski definition) is 4. The van der Waals surface area contributed by atoms with Gasteiger partial charge in [0.05, 0.1) is 12.7 Å². The van der Waals surface area contributed by atoms with Crippen LogP contribution in [0.5, 0.6) is 0 Å². The number of carbonyl (C=O) groups is 1. The Balaban J connectivity index is 2.03. The maximum Gasteiger partial charge on any atom is 0.410 e. The van der Waals surface area contributed by atoms with Gasteiger partial charge in [0.2, 0.25) is 0 Å². The summed E-state index contributed by atoms with van der Waals surface area (Å²) in [4.78, 5) is 13.8. The third kappa shape index (κ3) is 9.82. The molecule has 1 aliphatic heterocycles. The van der Waals surface area contributed by atoms with E-state index in [2.05, 4.69) is 12.2 Å². The first-order chi connectivity index (χ1) is 10.9. The van der Waals surface area contributed by atoms with Crippen LogP contribution in [0.3, 0.4) is 0 Å². The van der Waals surface area contributed by atoms with Gasteiger partial charge in [0, 0.05) is 19.6 Å². The van der Waals surface area contributed by atoms with Crippen LogP contribution in [0, 0.1) is 0 Å². The quantitative estimate of drug-likeness (QED) is 0.657. The zero-order valence-corrected chi connectivity index (χ0v) is 15.5. The topological polar surface area (TPSA) is 50.8 Å². The average molecular weight is 328 g/mol. The van der Waals surface area contributed by atoms with Crippen molar-refractivity contribution in [1.29, 1.82) is 0 Å². The Morgan fingerprint density at radius 1 is 1.13 bits per heavy atom. The number of piperidine rings is 1. The lowest BCUT2D eigenvalue weighted by Crippen LogP contribution is -2.43. The maximum atomic E-state index is 12.0. The van der Waals surface area contributed by atoms with E-state index in [0.29, 0.717) is 0 Å². The number of ether oxygens (including phenoxy) is 2. The number of rotatable bonds is 9. The molecular formula is C18H36N2O3. The maximum absolute atomic E-state index is 12.0. The van der Waals surface area contributed by atoms with Crippen LogP contribution >= 0.6 is 0 Å². The first-order valence-corrected chi connectivity index (χ1v) is 9.22. The van der Waals surface area contributed by atoms with Crippen molar-refractivity contribution in [2.75, 3.05) is 32.8 Å². The molecule has 136 valence electrons. The van der Waals surface area contributed by atoms with Gasteiger partial charge in [-0.25, -0.2) is 4.79 Å². The minimum absolute atomic E-state index is 0.204. The van der Waals surface area contributed by atoms with Gasteiger partial charge in [-0.05, 0) is 46.6 Å². The van der Waals surface area contributed by atoms with E-state index in [0.717, 1.165) is 45.6 Å². The van der Waals surface area contributed by atoms with Crippen molar-refractivity contribution in [3.05, 3.63) is 0 Å².